The van der Waals surface area contributed by atoms with Crippen LogP contribution in [0.3, 0.4) is 0 Å². The lowest BCUT2D eigenvalue weighted by molar-refractivity contribution is 0.102. The zero-order valence-electron chi connectivity index (χ0n) is 12.0. The molecule has 0 spiro atoms. The van der Waals surface area contributed by atoms with Gasteiger partial charge in [0, 0.05) is 18.6 Å². The number of carbonyl (C=O) groups is 1. The van der Waals surface area contributed by atoms with E-state index in [4.69, 9.17) is 0 Å². The molecule has 6 nitrogen and oxygen atoms in total. The summed E-state index contributed by atoms with van der Waals surface area (Å²) in [5.41, 5.74) is -0.114. The largest absolute Gasteiger partial charge is 0.323 e. The average Bonchev–Trinajstić information content (AvgIpc) is 2.83. The molecule has 0 bridgehead atoms. The van der Waals surface area contributed by atoms with Crippen LogP contribution in [0.25, 0.3) is 0 Å². The Morgan fingerprint density at radius 2 is 1.95 bits per heavy atom. The number of aromatic nitrogens is 2. The van der Waals surface area contributed by atoms with E-state index in [1.54, 1.807) is 6.92 Å². The van der Waals surface area contributed by atoms with E-state index in [-0.39, 0.29) is 11.3 Å². The molecule has 0 aliphatic rings. The summed E-state index contributed by atoms with van der Waals surface area (Å²) >= 11 is 3.16. The molecular formula is C13H13BrFN3O3S. The Morgan fingerprint density at radius 1 is 1.32 bits per heavy atom. The summed E-state index contributed by atoms with van der Waals surface area (Å²) in [5.74, 6) is -1.49. The molecule has 1 aromatic heterocycles. The van der Waals surface area contributed by atoms with E-state index in [0.717, 1.165) is 10.4 Å². The number of hydrogen-bond donors (Lipinski definition) is 0. The summed E-state index contributed by atoms with van der Waals surface area (Å²) in [4.78, 5) is 12.5. The lowest BCUT2D eigenvalue weighted by Crippen LogP contribution is -2.32. The minimum Gasteiger partial charge on any atom is -0.287 e. The number of carbonyl (C=O) groups excluding carboxylic acids is 1. The van der Waals surface area contributed by atoms with Crippen LogP contribution in [0.2, 0.25) is 0 Å². The van der Waals surface area contributed by atoms with Gasteiger partial charge in [0.2, 0.25) is 5.78 Å². The van der Waals surface area contributed by atoms with Crippen molar-refractivity contribution in [1.29, 1.82) is 0 Å². The normalized spacial score (nSPS) is 11.9. The van der Waals surface area contributed by atoms with Crippen LogP contribution in [-0.4, -0.2) is 41.8 Å². The van der Waals surface area contributed by atoms with Gasteiger partial charge in [0.15, 0.2) is 0 Å². The molecule has 1 aromatic carbocycles. The molecule has 0 radical (unpaired) electrons. The summed E-state index contributed by atoms with van der Waals surface area (Å²) in [7, 11) is -1.34. The maximum atomic E-state index is 13.9. The van der Waals surface area contributed by atoms with Crippen LogP contribution >= 0.6 is 15.9 Å². The van der Waals surface area contributed by atoms with Crippen molar-refractivity contribution in [2.75, 3.05) is 14.1 Å². The molecule has 9 heteroatoms. The summed E-state index contributed by atoms with van der Waals surface area (Å²) in [5, 5.41) is 3.83. The number of nitrogens with zero attached hydrogens (tertiary/aromatic N) is 3. The van der Waals surface area contributed by atoms with E-state index >= 15 is 0 Å². The summed E-state index contributed by atoms with van der Waals surface area (Å²) < 4.78 is 40.4. The zero-order valence-corrected chi connectivity index (χ0v) is 14.4. The fourth-order valence-corrected chi connectivity index (χ4v) is 3.06. The van der Waals surface area contributed by atoms with Gasteiger partial charge in [-0.05, 0) is 31.2 Å². The predicted molar refractivity (Wildman–Crippen MR) is 82.5 cm³/mol. The van der Waals surface area contributed by atoms with Gasteiger partial charge in [-0.2, -0.15) is 17.8 Å². The Kier molecular flexibility index (Phi) is 4.50. The first kappa shape index (κ1) is 16.8. The maximum absolute atomic E-state index is 13.9. The lowest BCUT2D eigenvalue weighted by Gasteiger charge is -2.13. The Hall–Kier alpha value is -1.58. The molecule has 1 heterocycles. The van der Waals surface area contributed by atoms with Crippen molar-refractivity contribution in [2.24, 2.45) is 0 Å². The van der Waals surface area contributed by atoms with Crippen molar-refractivity contribution in [1.82, 2.24) is 13.5 Å². The number of aryl methyl sites for hydroxylation is 1. The summed E-state index contributed by atoms with van der Waals surface area (Å²) in [6, 6.07) is 5.19. The average molecular weight is 390 g/mol. The van der Waals surface area contributed by atoms with Crippen LogP contribution in [0.5, 0.6) is 0 Å². The lowest BCUT2D eigenvalue weighted by atomic mass is 10.1. The minimum absolute atomic E-state index is 0.219. The van der Waals surface area contributed by atoms with Gasteiger partial charge in [-0.3, -0.25) is 4.79 Å². The van der Waals surface area contributed by atoms with Gasteiger partial charge in [-0.1, -0.05) is 15.9 Å². The van der Waals surface area contributed by atoms with Crippen molar-refractivity contribution in [3.8, 4) is 0 Å². The summed E-state index contributed by atoms with van der Waals surface area (Å²) in [6.07, 6.45) is 0. The highest BCUT2D eigenvalue weighted by atomic mass is 79.9. The first-order valence-electron chi connectivity index (χ1n) is 6.14. The van der Waals surface area contributed by atoms with E-state index in [0.29, 0.717) is 14.3 Å². The molecule has 2 rings (SSSR count). The Labute approximate surface area is 135 Å². The monoisotopic (exact) mass is 389 g/mol. The molecule has 22 heavy (non-hydrogen) atoms. The second kappa shape index (κ2) is 5.90. The van der Waals surface area contributed by atoms with Gasteiger partial charge < -0.3 is 0 Å². The maximum Gasteiger partial charge on any atom is 0.323 e. The SMILES string of the molecule is Cc1cc(C(=O)c2cc(Br)ccc2F)n(S(=O)(=O)N(C)C)n1. The van der Waals surface area contributed by atoms with E-state index in [1.807, 2.05) is 0 Å². The number of halogens is 2. The topological polar surface area (TPSA) is 72.3 Å². The molecule has 0 unspecified atom stereocenters. The summed E-state index contributed by atoms with van der Waals surface area (Å²) in [6.45, 7) is 1.55. The van der Waals surface area contributed by atoms with E-state index < -0.39 is 21.8 Å². The van der Waals surface area contributed by atoms with Crippen LogP contribution in [0.1, 0.15) is 21.7 Å². The number of hydrogen-bond acceptors (Lipinski definition) is 4. The van der Waals surface area contributed by atoms with E-state index in [9.17, 15) is 17.6 Å². The zero-order chi connectivity index (χ0) is 16.7. The smallest absolute Gasteiger partial charge is 0.287 e. The highest BCUT2D eigenvalue weighted by Gasteiger charge is 2.27. The Morgan fingerprint density at radius 3 is 2.55 bits per heavy atom. The Balaban J connectivity index is 2.64. The first-order valence-corrected chi connectivity index (χ1v) is 8.33. The highest BCUT2D eigenvalue weighted by molar-refractivity contribution is 9.10. The molecule has 0 aliphatic carbocycles. The van der Waals surface area contributed by atoms with Gasteiger partial charge in [0.25, 0.3) is 0 Å². The quantitative estimate of drug-likeness (QED) is 0.749. The molecule has 0 amide bonds. The van der Waals surface area contributed by atoms with Crippen LogP contribution in [0, 0.1) is 12.7 Å². The van der Waals surface area contributed by atoms with Crippen molar-refractivity contribution >= 4 is 31.9 Å². The van der Waals surface area contributed by atoms with Gasteiger partial charge in [0.05, 0.1) is 11.3 Å². The number of rotatable bonds is 4. The predicted octanol–water partition coefficient (Wildman–Crippen LogP) is 1.98. The molecule has 0 saturated heterocycles. The van der Waals surface area contributed by atoms with E-state index in [2.05, 4.69) is 21.0 Å². The molecule has 0 aliphatic heterocycles. The minimum atomic E-state index is -3.98. The molecular weight excluding hydrogens is 377 g/mol. The third kappa shape index (κ3) is 2.96. The Bertz CT molecular complexity index is 846. The highest BCUT2D eigenvalue weighted by Crippen LogP contribution is 2.20. The fourth-order valence-electron chi connectivity index (χ4n) is 1.77. The molecule has 0 fully saturated rings. The van der Waals surface area contributed by atoms with Crippen LogP contribution in [-0.2, 0) is 10.2 Å². The first-order chi connectivity index (χ1) is 10.1. The third-order valence-corrected chi connectivity index (χ3v) is 5.02. The van der Waals surface area contributed by atoms with Crippen LogP contribution in [0.15, 0.2) is 28.7 Å². The standard InChI is InChI=1S/C13H13BrFN3O3S/c1-8-6-12(18(16-8)22(20,21)17(2)3)13(19)10-7-9(14)4-5-11(10)15/h4-7H,1-3H3. The molecule has 118 valence electrons. The number of benzene rings is 1. The van der Waals surface area contributed by atoms with E-state index in [1.165, 1.54) is 32.3 Å². The van der Waals surface area contributed by atoms with Crippen molar-refractivity contribution in [2.45, 2.75) is 6.92 Å². The van der Waals surface area contributed by atoms with Crippen molar-refractivity contribution in [3.05, 3.63) is 51.5 Å². The second-order valence-electron chi connectivity index (χ2n) is 4.76. The van der Waals surface area contributed by atoms with Gasteiger partial charge >= 0.3 is 10.2 Å². The molecule has 0 atom stereocenters. The van der Waals surface area contributed by atoms with Gasteiger partial charge in [-0.15, -0.1) is 4.09 Å². The van der Waals surface area contributed by atoms with Crippen molar-refractivity contribution in [3.63, 3.8) is 0 Å². The second-order valence-corrected chi connectivity index (χ2v) is 7.64. The van der Waals surface area contributed by atoms with Crippen LogP contribution < -0.4 is 0 Å². The van der Waals surface area contributed by atoms with Gasteiger partial charge in [-0.25, -0.2) is 4.39 Å². The van der Waals surface area contributed by atoms with Gasteiger partial charge in [0.1, 0.15) is 11.5 Å². The molecule has 0 N–H and O–H groups in total. The van der Waals surface area contributed by atoms with Crippen LogP contribution in [0.4, 0.5) is 4.39 Å². The fraction of sp³-hybridized carbons (Fsp3) is 0.231. The number of ketones is 1. The molecule has 2 aromatic rings. The molecule has 0 saturated carbocycles. The van der Waals surface area contributed by atoms with Crippen molar-refractivity contribution < 1.29 is 17.6 Å². The third-order valence-electron chi connectivity index (χ3n) is 2.89.